The molecular weight excluding hydrogens is 316 g/mol. The molecule has 0 aromatic carbocycles. The summed E-state index contributed by atoms with van der Waals surface area (Å²) in [5, 5.41) is 0. The van der Waals surface area contributed by atoms with Crippen LogP contribution in [0.1, 0.15) is 12.8 Å². The van der Waals surface area contributed by atoms with Gasteiger partial charge < -0.3 is 24.1 Å². The average Bonchev–Trinajstić information content (AvgIpc) is 2.99. The lowest BCUT2D eigenvalue weighted by Gasteiger charge is -2.41. The lowest BCUT2D eigenvalue weighted by molar-refractivity contribution is 0.169. The first-order valence-corrected chi connectivity index (χ1v) is 10.7. The first-order valence-electron chi connectivity index (χ1n) is 5.82. The van der Waals surface area contributed by atoms with Crippen LogP contribution >= 0.6 is 15.2 Å². The van der Waals surface area contributed by atoms with Crippen LogP contribution in [0, 0.1) is 5.92 Å². The molecule has 1 saturated carbocycles. The Bertz CT molecular complexity index is 411. The monoisotopic (exact) mass is 333 g/mol. The van der Waals surface area contributed by atoms with Gasteiger partial charge in [0.2, 0.25) is 5.52 Å². The second-order valence-corrected chi connectivity index (χ2v) is 10.3. The van der Waals surface area contributed by atoms with Gasteiger partial charge in [-0.25, -0.2) is 0 Å². The second kappa shape index (κ2) is 5.40. The molecule has 1 heterocycles. The van der Waals surface area contributed by atoms with E-state index < -0.39 is 37.9 Å². The zero-order valence-corrected chi connectivity index (χ0v) is 12.6. The van der Waals surface area contributed by atoms with Crippen molar-refractivity contribution in [2.24, 2.45) is 5.92 Å². The predicted molar refractivity (Wildman–Crippen MR) is 69.0 cm³/mol. The van der Waals surface area contributed by atoms with Crippen molar-refractivity contribution < 1.29 is 33.3 Å². The van der Waals surface area contributed by atoms with Crippen LogP contribution in [0.25, 0.3) is 0 Å². The lowest BCUT2D eigenvalue weighted by atomic mass is 10.2. The summed E-state index contributed by atoms with van der Waals surface area (Å²) >= 11 is -1.09. The predicted octanol–water partition coefficient (Wildman–Crippen LogP) is -0.532. The largest absolute Gasteiger partial charge is 0.616 e. The van der Waals surface area contributed by atoms with Gasteiger partial charge in [-0.05, 0) is 18.8 Å². The highest BCUT2D eigenvalue weighted by Crippen LogP contribution is 2.62. The molecule has 2 unspecified atom stereocenters. The highest BCUT2D eigenvalue weighted by molar-refractivity contribution is 7.91. The third kappa shape index (κ3) is 3.81. The molecule has 0 spiro atoms. The standard InChI is InChI=1S/C8H17NO7P2S/c10-17(11,12)8(18(13,14)15)9-3-4-19(16)5-7(9)6-1-2-6/h6-8H,1-5H2,(H2,10,11,12)(H2,13,14,15). The average molecular weight is 333 g/mol. The van der Waals surface area contributed by atoms with Gasteiger partial charge in [0.15, 0.2) is 0 Å². The molecule has 2 fully saturated rings. The summed E-state index contributed by atoms with van der Waals surface area (Å²) in [6, 6.07) is -0.417. The van der Waals surface area contributed by atoms with Crippen molar-refractivity contribution in [1.29, 1.82) is 0 Å². The molecule has 4 N–H and O–H groups in total. The maximum absolute atomic E-state index is 11.6. The summed E-state index contributed by atoms with van der Waals surface area (Å²) in [6.07, 6.45) is 1.68. The molecule has 112 valence electrons. The van der Waals surface area contributed by atoms with E-state index in [1.807, 2.05) is 0 Å². The van der Waals surface area contributed by atoms with Crippen molar-refractivity contribution >= 4 is 26.4 Å². The first kappa shape index (κ1) is 15.9. The van der Waals surface area contributed by atoms with E-state index in [-0.39, 0.29) is 24.0 Å². The van der Waals surface area contributed by atoms with Gasteiger partial charge in [0.05, 0.1) is 6.04 Å². The van der Waals surface area contributed by atoms with Crippen molar-refractivity contribution in [3.63, 3.8) is 0 Å². The number of hydrogen-bond donors (Lipinski definition) is 4. The van der Waals surface area contributed by atoms with Gasteiger partial charge in [-0.3, -0.25) is 14.0 Å². The summed E-state index contributed by atoms with van der Waals surface area (Å²) in [4.78, 5) is 38.2. The first-order chi connectivity index (χ1) is 8.60. The fourth-order valence-electron chi connectivity index (χ4n) is 2.50. The molecule has 0 radical (unpaired) electrons. The van der Waals surface area contributed by atoms with E-state index in [0.717, 1.165) is 12.8 Å². The SMILES string of the molecule is O=P(O)(O)C(N1CC[S+]([O-])CC1C1CC1)P(=O)(O)O. The Morgan fingerprint density at radius 1 is 1.16 bits per heavy atom. The molecule has 8 nitrogen and oxygen atoms in total. The topological polar surface area (TPSA) is 141 Å². The molecule has 0 aromatic rings. The second-order valence-electron chi connectivity index (χ2n) is 4.98. The minimum Gasteiger partial charge on any atom is -0.616 e. The van der Waals surface area contributed by atoms with Crippen LogP contribution in [0.2, 0.25) is 0 Å². The van der Waals surface area contributed by atoms with Gasteiger partial charge >= 0.3 is 15.2 Å². The van der Waals surface area contributed by atoms with Crippen molar-refractivity contribution in [3.8, 4) is 0 Å². The van der Waals surface area contributed by atoms with E-state index in [2.05, 4.69) is 0 Å². The Balaban J connectivity index is 2.29. The Kier molecular flexibility index (Phi) is 4.54. The van der Waals surface area contributed by atoms with Gasteiger partial charge in [0.25, 0.3) is 0 Å². The van der Waals surface area contributed by atoms with Crippen LogP contribution in [0.15, 0.2) is 0 Å². The summed E-state index contributed by atoms with van der Waals surface area (Å²) in [7, 11) is -9.94. The van der Waals surface area contributed by atoms with E-state index >= 15 is 0 Å². The van der Waals surface area contributed by atoms with Crippen LogP contribution < -0.4 is 0 Å². The Labute approximate surface area is 113 Å². The van der Waals surface area contributed by atoms with E-state index in [9.17, 15) is 33.3 Å². The third-order valence-corrected chi connectivity index (χ3v) is 8.38. The molecule has 11 heteroatoms. The van der Waals surface area contributed by atoms with Crippen molar-refractivity contribution in [3.05, 3.63) is 0 Å². The van der Waals surface area contributed by atoms with Crippen LogP contribution in [0.3, 0.4) is 0 Å². The molecular formula is C8H17NO7P2S. The quantitative estimate of drug-likeness (QED) is 0.397. The van der Waals surface area contributed by atoms with Crippen LogP contribution in [0.5, 0.6) is 0 Å². The van der Waals surface area contributed by atoms with Gasteiger partial charge in [-0.2, -0.15) is 0 Å². The third-order valence-electron chi connectivity index (χ3n) is 3.42. The molecule has 2 atom stereocenters. The van der Waals surface area contributed by atoms with Crippen LogP contribution in [0.4, 0.5) is 0 Å². The summed E-state index contributed by atoms with van der Waals surface area (Å²) < 4.78 is 34.4. The summed E-state index contributed by atoms with van der Waals surface area (Å²) in [5.74, 6) is 0.533. The molecule has 19 heavy (non-hydrogen) atoms. The summed E-state index contributed by atoms with van der Waals surface area (Å²) in [6.45, 7) is 0.0364. The van der Waals surface area contributed by atoms with E-state index in [4.69, 9.17) is 0 Å². The molecule has 0 bridgehead atoms. The van der Waals surface area contributed by atoms with Crippen molar-refractivity contribution in [1.82, 2.24) is 4.90 Å². The highest BCUT2D eigenvalue weighted by Gasteiger charge is 2.54. The molecule has 2 aliphatic rings. The van der Waals surface area contributed by atoms with Gasteiger partial charge in [0, 0.05) is 6.54 Å². The van der Waals surface area contributed by atoms with Crippen molar-refractivity contribution in [2.45, 2.75) is 24.4 Å². The molecule has 2 rings (SSSR count). The fourth-order valence-corrected chi connectivity index (χ4v) is 6.84. The zero-order valence-electron chi connectivity index (χ0n) is 10.0. The normalized spacial score (nSPS) is 30.8. The molecule has 0 aromatic heterocycles. The minimum atomic E-state index is -4.97. The maximum atomic E-state index is 11.6. The number of nitrogens with zero attached hydrogens (tertiary/aromatic N) is 1. The highest BCUT2D eigenvalue weighted by atomic mass is 32.2. The Morgan fingerprint density at radius 2 is 1.68 bits per heavy atom. The van der Waals surface area contributed by atoms with Gasteiger partial charge in [-0.15, -0.1) is 0 Å². The number of rotatable bonds is 4. The number of hydrogen-bond acceptors (Lipinski definition) is 4. The fraction of sp³-hybridized carbons (Fsp3) is 1.00. The minimum absolute atomic E-state index is 0.0364. The lowest BCUT2D eigenvalue weighted by Crippen LogP contribution is -2.53. The van der Waals surface area contributed by atoms with E-state index in [1.165, 1.54) is 4.90 Å². The summed E-state index contributed by atoms with van der Waals surface area (Å²) in [5.41, 5.74) is -2.11. The van der Waals surface area contributed by atoms with E-state index in [0.29, 0.717) is 0 Å². The Hall–Kier alpha value is 0.570. The van der Waals surface area contributed by atoms with Crippen LogP contribution in [-0.4, -0.2) is 58.6 Å². The van der Waals surface area contributed by atoms with Crippen molar-refractivity contribution in [2.75, 3.05) is 18.1 Å². The maximum Gasteiger partial charge on any atom is 0.355 e. The zero-order chi connectivity index (χ0) is 14.4. The van der Waals surface area contributed by atoms with E-state index in [1.54, 1.807) is 0 Å². The molecule has 1 aliphatic heterocycles. The van der Waals surface area contributed by atoms with Gasteiger partial charge in [-0.1, -0.05) is 11.2 Å². The smallest absolute Gasteiger partial charge is 0.355 e. The Morgan fingerprint density at radius 3 is 2.11 bits per heavy atom. The molecule has 1 saturated heterocycles. The van der Waals surface area contributed by atoms with Gasteiger partial charge in [0.1, 0.15) is 11.5 Å². The van der Waals surface area contributed by atoms with Crippen LogP contribution in [-0.2, 0) is 20.3 Å². The molecule has 0 amide bonds. The molecule has 1 aliphatic carbocycles.